The molecule has 0 aliphatic carbocycles. The minimum absolute atomic E-state index is 0.104. The Morgan fingerprint density at radius 1 is 1.04 bits per heavy atom. The van der Waals surface area contributed by atoms with E-state index in [-0.39, 0.29) is 23.1 Å². The highest BCUT2D eigenvalue weighted by Gasteiger charge is 2.28. The van der Waals surface area contributed by atoms with Crippen molar-refractivity contribution >= 4 is 11.8 Å². The highest BCUT2D eigenvalue weighted by atomic mass is 16.5. The molecule has 0 saturated carbocycles. The molecule has 2 aromatic rings. The SMILES string of the molecule is COc1c(C)cc(C)cc1C(=O)N1CCN(C(=O)c2ccc(=O)[nH]n2)CC1. The molecule has 8 heteroatoms. The number of benzene rings is 1. The molecule has 142 valence electrons. The number of aromatic amines is 1. The van der Waals surface area contributed by atoms with Crippen molar-refractivity contribution in [1.29, 1.82) is 0 Å². The van der Waals surface area contributed by atoms with Gasteiger partial charge in [0.05, 0.1) is 12.7 Å². The topological polar surface area (TPSA) is 95.6 Å². The van der Waals surface area contributed by atoms with Gasteiger partial charge < -0.3 is 14.5 Å². The Kier molecular flexibility index (Phi) is 5.25. The number of carbonyl (C=O) groups is 2. The predicted octanol–water partition coefficient (Wildman–Crippen LogP) is 0.994. The van der Waals surface area contributed by atoms with Crippen molar-refractivity contribution in [3.63, 3.8) is 0 Å². The summed E-state index contributed by atoms with van der Waals surface area (Å²) >= 11 is 0. The van der Waals surface area contributed by atoms with Crippen LogP contribution in [0.4, 0.5) is 0 Å². The number of nitrogens with one attached hydrogen (secondary N) is 1. The second-order valence-corrected chi connectivity index (χ2v) is 6.55. The van der Waals surface area contributed by atoms with E-state index >= 15 is 0 Å². The first-order valence-corrected chi connectivity index (χ1v) is 8.70. The normalized spacial score (nSPS) is 14.2. The summed E-state index contributed by atoms with van der Waals surface area (Å²) in [5.74, 6) is 0.219. The highest BCUT2D eigenvalue weighted by Crippen LogP contribution is 2.26. The molecular weight excluding hydrogens is 348 g/mol. The zero-order valence-electron chi connectivity index (χ0n) is 15.6. The number of H-pyrrole nitrogens is 1. The molecule has 3 rings (SSSR count). The predicted molar refractivity (Wildman–Crippen MR) is 99.1 cm³/mol. The fourth-order valence-corrected chi connectivity index (χ4v) is 3.29. The Labute approximate surface area is 156 Å². The summed E-state index contributed by atoms with van der Waals surface area (Å²) in [5.41, 5.74) is 2.28. The maximum atomic E-state index is 13.0. The van der Waals surface area contributed by atoms with E-state index in [4.69, 9.17) is 4.74 Å². The Morgan fingerprint density at radius 3 is 2.22 bits per heavy atom. The van der Waals surface area contributed by atoms with Crippen LogP contribution in [-0.4, -0.2) is 65.1 Å². The van der Waals surface area contributed by atoms with Crippen LogP contribution < -0.4 is 10.3 Å². The van der Waals surface area contributed by atoms with Gasteiger partial charge in [-0.2, -0.15) is 5.10 Å². The van der Waals surface area contributed by atoms with E-state index in [1.165, 1.54) is 12.1 Å². The lowest BCUT2D eigenvalue weighted by Gasteiger charge is -2.34. The summed E-state index contributed by atoms with van der Waals surface area (Å²) < 4.78 is 5.42. The lowest BCUT2D eigenvalue weighted by Crippen LogP contribution is -2.50. The monoisotopic (exact) mass is 370 g/mol. The minimum atomic E-state index is -0.357. The van der Waals surface area contributed by atoms with Gasteiger partial charge in [0.25, 0.3) is 17.4 Å². The summed E-state index contributed by atoms with van der Waals surface area (Å²) in [5, 5.41) is 6.03. The van der Waals surface area contributed by atoms with Crippen LogP contribution in [0.1, 0.15) is 32.0 Å². The Bertz CT molecular complexity index is 909. The summed E-state index contributed by atoms with van der Waals surface area (Å²) in [6, 6.07) is 6.48. The van der Waals surface area contributed by atoms with E-state index in [0.29, 0.717) is 37.5 Å². The Hall–Kier alpha value is -3.16. The third-order valence-corrected chi connectivity index (χ3v) is 4.61. The van der Waals surface area contributed by atoms with Crippen LogP contribution in [-0.2, 0) is 0 Å². The number of hydrogen-bond acceptors (Lipinski definition) is 5. The molecule has 2 amide bonds. The van der Waals surface area contributed by atoms with Gasteiger partial charge in [0.2, 0.25) is 0 Å². The number of hydrogen-bond donors (Lipinski definition) is 1. The lowest BCUT2D eigenvalue weighted by atomic mass is 10.0. The highest BCUT2D eigenvalue weighted by molar-refractivity contribution is 5.98. The molecule has 0 atom stereocenters. The van der Waals surface area contributed by atoms with Crippen LogP contribution >= 0.6 is 0 Å². The van der Waals surface area contributed by atoms with Gasteiger partial charge in [-0.15, -0.1) is 0 Å². The molecule has 0 bridgehead atoms. The molecular formula is C19H22N4O4. The fourth-order valence-electron chi connectivity index (χ4n) is 3.29. The first-order chi connectivity index (χ1) is 12.9. The van der Waals surface area contributed by atoms with E-state index in [9.17, 15) is 14.4 Å². The number of piperazine rings is 1. The molecule has 1 aromatic heterocycles. The van der Waals surface area contributed by atoms with E-state index in [1.807, 2.05) is 26.0 Å². The van der Waals surface area contributed by atoms with Gasteiger partial charge in [0.1, 0.15) is 11.4 Å². The largest absolute Gasteiger partial charge is 0.496 e. The second-order valence-electron chi connectivity index (χ2n) is 6.55. The molecule has 0 radical (unpaired) electrons. The van der Waals surface area contributed by atoms with E-state index in [1.54, 1.807) is 16.9 Å². The van der Waals surface area contributed by atoms with Crippen LogP contribution in [0.5, 0.6) is 5.75 Å². The van der Waals surface area contributed by atoms with Crippen molar-refractivity contribution in [2.75, 3.05) is 33.3 Å². The lowest BCUT2D eigenvalue weighted by molar-refractivity contribution is 0.0529. The number of nitrogens with zero attached hydrogens (tertiary/aromatic N) is 3. The molecule has 1 aromatic carbocycles. The molecule has 2 heterocycles. The zero-order valence-corrected chi connectivity index (χ0v) is 15.6. The molecule has 0 spiro atoms. The zero-order chi connectivity index (χ0) is 19.6. The standard InChI is InChI=1S/C19H22N4O4/c1-12-10-13(2)17(27-3)14(11-12)18(25)22-6-8-23(9-7-22)19(26)15-4-5-16(24)21-20-15/h4-5,10-11H,6-9H2,1-3H3,(H,21,24). The molecule has 1 aliphatic rings. The second kappa shape index (κ2) is 7.61. The van der Waals surface area contributed by atoms with Gasteiger partial charge in [-0.1, -0.05) is 6.07 Å². The van der Waals surface area contributed by atoms with Crippen molar-refractivity contribution in [3.8, 4) is 5.75 Å². The average Bonchev–Trinajstić information content (AvgIpc) is 2.67. The number of amides is 2. The third-order valence-electron chi connectivity index (χ3n) is 4.61. The van der Waals surface area contributed by atoms with Crippen molar-refractivity contribution < 1.29 is 14.3 Å². The molecule has 8 nitrogen and oxygen atoms in total. The summed E-state index contributed by atoms with van der Waals surface area (Å²) in [6.45, 7) is 5.50. The summed E-state index contributed by atoms with van der Waals surface area (Å²) in [4.78, 5) is 39.9. The van der Waals surface area contributed by atoms with E-state index in [0.717, 1.165) is 11.1 Å². The molecule has 27 heavy (non-hydrogen) atoms. The van der Waals surface area contributed by atoms with Crippen LogP contribution in [0, 0.1) is 13.8 Å². The number of ether oxygens (including phenoxy) is 1. The molecule has 0 unspecified atom stereocenters. The van der Waals surface area contributed by atoms with Crippen molar-refractivity contribution in [2.45, 2.75) is 13.8 Å². The molecule has 1 N–H and O–H groups in total. The Morgan fingerprint density at radius 2 is 1.67 bits per heavy atom. The summed E-state index contributed by atoms with van der Waals surface area (Å²) in [7, 11) is 1.56. The number of carbonyl (C=O) groups excluding carboxylic acids is 2. The van der Waals surface area contributed by atoms with Crippen molar-refractivity contribution in [1.82, 2.24) is 20.0 Å². The molecule has 1 aliphatic heterocycles. The van der Waals surface area contributed by atoms with Crippen LogP contribution in [0.15, 0.2) is 29.1 Å². The summed E-state index contributed by atoms with van der Waals surface area (Å²) in [6.07, 6.45) is 0. The molecule has 1 fully saturated rings. The van der Waals surface area contributed by atoms with Gasteiger partial charge in [-0.05, 0) is 37.1 Å². The number of rotatable bonds is 3. The van der Waals surface area contributed by atoms with Gasteiger partial charge in [-0.3, -0.25) is 14.4 Å². The van der Waals surface area contributed by atoms with Gasteiger partial charge in [0.15, 0.2) is 0 Å². The third kappa shape index (κ3) is 3.84. The first kappa shape index (κ1) is 18.6. The van der Waals surface area contributed by atoms with Crippen LogP contribution in [0.3, 0.4) is 0 Å². The fraction of sp³-hybridized carbons (Fsp3) is 0.368. The van der Waals surface area contributed by atoms with Gasteiger partial charge in [0, 0.05) is 32.2 Å². The smallest absolute Gasteiger partial charge is 0.274 e. The van der Waals surface area contributed by atoms with E-state index in [2.05, 4.69) is 10.2 Å². The Balaban J connectivity index is 1.70. The van der Waals surface area contributed by atoms with Crippen LogP contribution in [0.2, 0.25) is 0 Å². The van der Waals surface area contributed by atoms with Crippen LogP contribution in [0.25, 0.3) is 0 Å². The van der Waals surface area contributed by atoms with Gasteiger partial charge >= 0.3 is 0 Å². The number of aryl methyl sites for hydroxylation is 2. The maximum Gasteiger partial charge on any atom is 0.274 e. The quantitative estimate of drug-likeness (QED) is 0.869. The number of methoxy groups -OCH3 is 1. The molecule has 1 saturated heterocycles. The van der Waals surface area contributed by atoms with E-state index < -0.39 is 0 Å². The average molecular weight is 370 g/mol. The van der Waals surface area contributed by atoms with Crippen molar-refractivity contribution in [2.24, 2.45) is 0 Å². The number of aromatic nitrogens is 2. The minimum Gasteiger partial charge on any atom is -0.496 e. The van der Waals surface area contributed by atoms with Crippen molar-refractivity contribution in [3.05, 3.63) is 57.0 Å². The maximum absolute atomic E-state index is 13.0. The first-order valence-electron chi connectivity index (χ1n) is 8.70. The van der Waals surface area contributed by atoms with Gasteiger partial charge in [-0.25, -0.2) is 5.10 Å².